The Morgan fingerprint density at radius 3 is 3.05 bits per heavy atom. The number of carbonyl (C=O) groups excluding carboxylic acids is 1. The van der Waals surface area contributed by atoms with Crippen LogP contribution >= 0.6 is 11.6 Å². The molecule has 1 aromatic carbocycles. The van der Waals surface area contributed by atoms with E-state index in [1.165, 1.54) is 18.2 Å². The second-order valence-electron chi connectivity index (χ2n) is 4.72. The zero-order valence-electron chi connectivity index (χ0n) is 11.5. The molecule has 21 heavy (non-hydrogen) atoms. The first-order valence-electron chi connectivity index (χ1n) is 6.52. The van der Waals surface area contributed by atoms with Gasteiger partial charge in [0.15, 0.2) is 0 Å². The van der Waals surface area contributed by atoms with E-state index in [1.54, 1.807) is 4.90 Å². The minimum atomic E-state index is -0.545. The fourth-order valence-electron chi connectivity index (χ4n) is 2.22. The number of rotatable bonds is 4. The van der Waals surface area contributed by atoms with Crippen LogP contribution in [-0.4, -0.2) is 55.1 Å². The second-order valence-corrected chi connectivity index (χ2v) is 5.13. The number of nitrogens with one attached hydrogen (secondary N) is 1. The molecule has 114 valence electrons. The number of hydrogen-bond donors (Lipinski definition) is 1. The number of nitro benzene ring substituents is 1. The topological polar surface area (TPSA) is 84.7 Å². The number of ether oxygens (including phenoxy) is 1. The molecule has 0 aliphatic carbocycles. The van der Waals surface area contributed by atoms with Gasteiger partial charge in [0, 0.05) is 31.8 Å². The molecular weight excluding hydrogens is 298 g/mol. The summed E-state index contributed by atoms with van der Waals surface area (Å²) in [5.41, 5.74) is -0.00115. The lowest BCUT2D eigenvalue weighted by molar-refractivity contribution is -0.384. The lowest BCUT2D eigenvalue weighted by Crippen LogP contribution is -2.48. The van der Waals surface area contributed by atoms with Gasteiger partial charge in [-0.05, 0) is 13.1 Å². The Balaban J connectivity index is 2.19. The molecule has 1 unspecified atom stereocenters. The SMILES string of the molecule is CNCC1CN(C(=O)c2cc([N+](=O)[O-])ccc2Cl)CCO1. The summed E-state index contributed by atoms with van der Waals surface area (Å²) in [7, 11) is 1.81. The predicted molar refractivity (Wildman–Crippen MR) is 77.7 cm³/mol. The van der Waals surface area contributed by atoms with Crippen molar-refractivity contribution >= 4 is 23.2 Å². The van der Waals surface area contributed by atoms with E-state index in [1.807, 2.05) is 7.05 Å². The van der Waals surface area contributed by atoms with Gasteiger partial charge in [-0.3, -0.25) is 14.9 Å². The third-order valence-corrected chi connectivity index (χ3v) is 3.58. The van der Waals surface area contributed by atoms with E-state index in [4.69, 9.17) is 16.3 Å². The largest absolute Gasteiger partial charge is 0.373 e. The van der Waals surface area contributed by atoms with E-state index in [-0.39, 0.29) is 28.3 Å². The van der Waals surface area contributed by atoms with E-state index < -0.39 is 4.92 Å². The van der Waals surface area contributed by atoms with Crippen molar-refractivity contribution in [3.63, 3.8) is 0 Å². The van der Waals surface area contributed by atoms with Crippen molar-refractivity contribution < 1.29 is 14.5 Å². The van der Waals surface area contributed by atoms with E-state index in [2.05, 4.69) is 5.32 Å². The van der Waals surface area contributed by atoms with Crippen LogP contribution in [0.2, 0.25) is 5.02 Å². The molecule has 8 heteroatoms. The highest BCUT2D eigenvalue weighted by Gasteiger charge is 2.27. The van der Waals surface area contributed by atoms with E-state index in [9.17, 15) is 14.9 Å². The van der Waals surface area contributed by atoms with Crippen molar-refractivity contribution in [3.8, 4) is 0 Å². The fraction of sp³-hybridized carbons (Fsp3) is 0.462. The number of carbonyl (C=O) groups is 1. The smallest absolute Gasteiger partial charge is 0.270 e. The normalized spacial score (nSPS) is 18.6. The zero-order chi connectivity index (χ0) is 15.4. The number of non-ortho nitro benzene ring substituents is 1. The monoisotopic (exact) mass is 313 g/mol. The Morgan fingerprint density at radius 1 is 1.62 bits per heavy atom. The molecule has 1 N–H and O–H groups in total. The van der Waals surface area contributed by atoms with Crippen LogP contribution in [0, 0.1) is 10.1 Å². The van der Waals surface area contributed by atoms with Gasteiger partial charge >= 0.3 is 0 Å². The first-order valence-corrected chi connectivity index (χ1v) is 6.90. The van der Waals surface area contributed by atoms with Gasteiger partial charge in [0.05, 0.1) is 28.2 Å². The molecule has 1 aliphatic rings. The van der Waals surface area contributed by atoms with E-state index in [0.29, 0.717) is 26.2 Å². The second kappa shape index (κ2) is 6.84. The van der Waals surface area contributed by atoms with Crippen LogP contribution in [0.5, 0.6) is 0 Å². The molecule has 0 aromatic heterocycles. The maximum Gasteiger partial charge on any atom is 0.270 e. The van der Waals surface area contributed by atoms with Crippen molar-refractivity contribution in [1.29, 1.82) is 0 Å². The van der Waals surface area contributed by atoms with Gasteiger partial charge in [0.25, 0.3) is 11.6 Å². The minimum Gasteiger partial charge on any atom is -0.373 e. The number of amides is 1. The molecule has 1 atom stereocenters. The number of nitro groups is 1. The summed E-state index contributed by atoms with van der Waals surface area (Å²) in [6.07, 6.45) is -0.0924. The third kappa shape index (κ3) is 3.69. The number of nitrogens with zero attached hydrogens (tertiary/aromatic N) is 2. The molecule has 1 aromatic rings. The Labute approximate surface area is 127 Å². The quantitative estimate of drug-likeness (QED) is 0.669. The standard InChI is InChI=1S/C13H16ClN3O4/c1-15-7-10-8-16(4-5-21-10)13(18)11-6-9(17(19)20)2-3-12(11)14/h2-3,6,10,15H,4-5,7-8H2,1H3. The summed E-state index contributed by atoms with van der Waals surface area (Å²) < 4.78 is 5.53. The van der Waals surface area contributed by atoms with Crippen molar-refractivity contribution in [1.82, 2.24) is 10.2 Å². The maximum absolute atomic E-state index is 12.5. The Bertz CT molecular complexity index is 550. The Kier molecular flexibility index (Phi) is 5.11. The van der Waals surface area contributed by atoms with Gasteiger partial charge < -0.3 is 15.0 Å². The van der Waals surface area contributed by atoms with Gasteiger partial charge in [-0.25, -0.2) is 0 Å². The summed E-state index contributed by atoms with van der Waals surface area (Å²) in [6.45, 7) is 1.94. The summed E-state index contributed by atoms with van der Waals surface area (Å²) >= 11 is 6.00. The average Bonchev–Trinajstić information content (AvgIpc) is 2.47. The predicted octanol–water partition coefficient (Wildman–Crippen LogP) is 1.31. The highest BCUT2D eigenvalue weighted by atomic mass is 35.5. The molecule has 1 aliphatic heterocycles. The van der Waals surface area contributed by atoms with Crippen LogP contribution < -0.4 is 5.32 Å². The third-order valence-electron chi connectivity index (χ3n) is 3.25. The zero-order valence-corrected chi connectivity index (χ0v) is 12.3. The molecule has 2 rings (SSSR count). The van der Waals surface area contributed by atoms with Crippen molar-refractivity contribution in [2.24, 2.45) is 0 Å². The number of likely N-dealkylation sites (N-methyl/N-ethyl adjacent to an activating group) is 1. The Hall–Kier alpha value is -1.70. The average molecular weight is 314 g/mol. The van der Waals surface area contributed by atoms with Crippen LogP contribution in [0.25, 0.3) is 0 Å². The summed E-state index contributed by atoms with van der Waals surface area (Å²) in [4.78, 5) is 24.4. The van der Waals surface area contributed by atoms with Crippen LogP contribution in [0.3, 0.4) is 0 Å². The first kappa shape index (κ1) is 15.7. The lowest BCUT2D eigenvalue weighted by atomic mass is 10.1. The molecular formula is C13H16ClN3O4. The number of morpholine rings is 1. The fourth-order valence-corrected chi connectivity index (χ4v) is 2.41. The molecule has 1 amide bonds. The van der Waals surface area contributed by atoms with Crippen LogP contribution in [-0.2, 0) is 4.74 Å². The van der Waals surface area contributed by atoms with Crippen LogP contribution in [0.1, 0.15) is 10.4 Å². The van der Waals surface area contributed by atoms with Crippen LogP contribution in [0.4, 0.5) is 5.69 Å². The molecule has 0 saturated carbocycles. The Morgan fingerprint density at radius 2 is 2.38 bits per heavy atom. The maximum atomic E-state index is 12.5. The van der Waals surface area contributed by atoms with Gasteiger partial charge in [-0.15, -0.1) is 0 Å². The van der Waals surface area contributed by atoms with Gasteiger partial charge in [-0.2, -0.15) is 0 Å². The molecule has 7 nitrogen and oxygen atoms in total. The van der Waals surface area contributed by atoms with E-state index in [0.717, 1.165) is 0 Å². The molecule has 0 bridgehead atoms. The molecule has 0 radical (unpaired) electrons. The van der Waals surface area contributed by atoms with Crippen molar-refractivity contribution in [3.05, 3.63) is 38.9 Å². The number of benzene rings is 1. The van der Waals surface area contributed by atoms with Crippen molar-refractivity contribution in [2.75, 3.05) is 33.3 Å². The van der Waals surface area contributed by atoms with Crippen molar-refractivity contribution in [2.45, 2.75) is 6.10 Å². The van der Waals surface area contributed by atoms with Crippen LogP contribution in [0.15, 0.2) is 18.2 Å². The highest BCUT2D eigenvalue weighted by Crippen LogP contribution is 2.24. The first-order chi connectivity index (χ1) is 10.0. The summed E-state index contributed by atoms with van der Waals surface area (Å²) in [5.74, 6) is -0.312. The molecule has 1 saturated heterocycles. The number of halogens is 1. The number of hydrogen-bond acceptors (Lipinski definition) is 5. The van der Waals surface area contributed by atoms with E-state index >= 15 is 0 Å². The minimum absolute atomic E-state index is 0.0924. The van der Waals surface area contributed by atoms with Gasteiger partial charge in [-0.1, -0.05) is 11.6 Å². The molecule has 0 spiro atoms. The molecule has 1 fully saturated rings. The van der Waals surface area contributed by atoms with Gasteiger partial charge in [0.2, 0.25) is 0 Å². The lowest BCUT2D eigenvalue weighted by Gasteiger charge is -2.33. The molecule has 1 heterocycles. The highest BCUT2D eigenvalue weighted by molar-refractivity contribution is 6.33. The summed E-state index contributed by atoms with van der Waals surface area (Å²) in [6, 6.07) is 3.87. The summed E-state index contributed by atoms with van der Waals surface area (Å²) in [5, 5.41) is 14.0. The van der Waals surface area contributed by atoms with Gasteiger partial charge in [0.1, 0.15) is 0 Å².